The Hall–Kier alpha value is -3.07. The van der Waals surface area contributed by atoms with E-state index < -0.39 is 5.97 Å². The Morgan fingerprint density at radius 1 is 1.27 bits per heavy atom. The van der Waals surface area contributed by atoms with Crippen LogP contribution in [-0.2, 0) is 0 Å². The summed E-state index contributed by atoms with van der Waals surface area (Å²) in [4.78, 5) is 16.2. The van der Waals surface area contributed by atoms with Crippen molar-refractivity contribution in [1.82, 2.24) is 4.98 Å². The van der Waals surface area contributed by atoms with Crippen molar-refractivity contribution in [2.24, 2.45) is 0 Å². The first-order valence-corrected chi connectivity index (χ1v) is 6.57. The summed E-state index contributed by atoms with van der Waals surface area (Å²) in [7, 11) is 1.44. The van der Waals surface area contributed by atoms with Crippen LogP contribution in [-0.4, -0.2) is 24.7 Å². The maximum Gasteiger partial charge on any atom is 0.343 e. The molecule has 112 valence electrons. The molecule has 0 atom stereocenters. The Balaban J connectivity index is 2.22. The number of nitrogens with zero attached hydrogens (tertiary/aromatic N) is 2. The van der Waals surface area contributed by atoms with E-state index in [4.69, 9.17) is 19.5 Å². The third-order valence-corrected chi connectivity index (χ3v) is 2.76. The van der Waals surface area contributed by atoms with Crippen molar-refractivity contribution in [1.29, 1.82) is 5.26 Å². The van der Waals surface area contributed by atoms with E-state index in [1.807, 2.05) is 13.0 Å². The number of rotatable bonds is 5. The molecule has 0 radical (unpaired) electrons. The van der Waals surface area contributed by atoms with Gasteiger partial charge in [-0.1, -0.05) is 0 Å². The fourth-order valence-electron chi connectivity index (χ4n) is 1.74. The molecule has 6 heteroatoms. The number of carbonyl (C=O) groups is 1. The van der Waals surface area contributed by atoms with Gasteiger partial charge in [0, 0.05) is 18.3 Å². The Morgan fingerprint density at radius 2 is 2.09 bits per heavy atom. The summed E-state index contributed by atoms with van der Waals surface area (Å²) in [6, 6.07) is 9.58. The van der Waals surface area contributed by atoms with Crippen molar-refractivity contribution in [2.75, 3.05) is 13.7 Å². The molecule has 1 heterocycles. The molecule has 22 heavy (non-hydrogen) atoms. The summed E-state index contributed by atoms with van der Waals surface area (Å²) in [6.07, 6.45) is 1.47. The van der Waals surface area contributed by atoms with E-state index in [0.717, 1.165) is 0 Å². The molecule has 0 saturated heterocycles. The van der Waals surface area contributed by atoms with Gasteiger partial charge in [0.05, 0.1) is 30.9 Å². The quantitative estimate of drug-likeness (QED) is 0.623. The Labute approximate surface area is 127 Å². The van der Waals surface area contributed by atoms with Gasteiger partial charge in [-0.25, -0.2) is 9.78 Å². The molecular weight excluding hydrogens is 284 g/mol. The molecule has 2 rings (SSSR count). The maximum absolute atomic E-state index is 12.2. The van der Waals surface area contributed by atoms with Gasteiger partial charge in [0.2, 0.25) is 5.88 Å². The van der Waals surface area contributed by atoms with E-state index in [0.29, 0.717) is 29.4 Å². The Morgan fingerprint density at radius 3 is 2.77 bits per heavy atom. The average Bonchev–Trinajstić information content (AvgIpc) is 2.55. The number of pyridine rings is 1. The van der Waals surface area contributed by atoms with E-state index in [-0.39, 0.29) is 5.75 Å². The van der Waals surface area contributed by atoms with Gasteiger partial charge in [0.1, 0.15) is 0 Å². The molecule has 1 aromatic carbocycles. The van der Waals surface area contributed by atoms with Crippen molar-refractivity contribution in [3.05, 3.63) is 47.7 Å². The number of hydrogen-bond donors (Lipinski definition) is 0. The summed E-state index contributed by atoms with van der Waals surface area (Å²) in [6.45, 7) is 2.28. The first kappa shape index (κ1) is 15.3. The lowest BCUT2D eigenvalue weighted by Gasteiger charge is -2.09. The fraction of sp³-hybridized carbons (Fsp3) is 0.188. The molecule has 0 fully saturated rings. The molecule has 1 aromatic heterocycles. The van der Waals surface area contributed by atoms with E-state index in [1.54, 1.807) is 6.07 Å². The lowest BCUT2D eigenvalue weighted by atomic mass is 10.2. The highest BCUT2D eigenvalue weighted by molar-refractivity contribution is 5.91. The molecule has 0 saturated carbocycles. The molecule has 0 aliphatic carbocycles. The zero-order valence-corrected chi connectivity index (χ0v) is 12.2. The van der Waals surface area contributed by atoms with Gasteiger partial charge in [-0.05, 0) is 25.1 Å². The van der Waals surface area contributed by atoms with Crippen molar-refractivity contribution < 1.29 is 19.0 Å². The van der Waals surface area contributed by atoms with Gasteiger partial charge < -0.3 is 14.2 Å². The Kier molecular flexibility index (Phi) is 4.94. The molecule has 2 aromatic rings. The predicted octanol–water partition coefficient (Wildman–Crippen LogP) is 2.58. The van der Waals surface area contributed by atoms with E-state index >= 15 is 0 Å². The van der Waals surface area contributed by atoms with Crippen LogP contribution in [0.15, 0.2) is 36.5 Å². The van der Waals surface area contributed by atoms with E-state index in [1.165, 1.54) is 37.6 Å². The summed E-state index contributed by atoms with van der Waals surface area (Å²) in [5, 5.41) is 8.86. The van der Waals surface area contributed by atoms with Crippen LogP contribution in [0.5, 0.6) is 17.4 Å². The normalized spacial score (nSPS) is 9.68. The van der Waals surface area contributed by atoms with E-state index in [9.17, 15) is 4.79 Å². The van der Waals surface area contributed by atoms with Crippen LogP contribution in [0.2, 0.25) is 0 Å². The zero-order valence-electron chi connectivity index (χ0n) is 12.2. The van der Waals surface area contributed by atoms with Crippen LogP contribution < -0.4 is 14.2 Å². The van der Waals surface area contributed by atoms with Crippen molar-refractivity contribution >= 4 is 5.97 Å². The number of benzene rings is 1. The Bertz CT molecular complexity index is 722. The molecule has 0 amide bonds. The number of aromatic nitrogens is 1. The van der Waals surface area contributed by atoms with Gasteiger partial charge in [0.15, 0.2) is 11.5 Å². The lowest BCUT2D eigenvalue weighted by Crippen LogP contribution is -2.10. The van der Waals surface area contributed by atoms with Crippen molar-refractivity contribution in [3.8, 4) is 23.4 Å². The lowest BCUT2D eigenvalue weighted by molar-refractivity contribution is 0.0729. The summed E-state index contributed by atoms with van der Waals surface area (Å²) in [5.41, 5.74) is 0.726. The minimum atomic E-state index is -0.564. The number of methoxy groups -OCH3 is 1. The van der Waals surface area contributed by atoms with Gasteiger partial charge in [-0.15, -0.1) is 0 Å². The topological polar surface area (TPSA) is 81.4 Å². The summed E-state index contributed by atoms with van der Waals surface area (Å²) in [5.74, 6) is 0.336. The molecule has 0 aliphatic rings. The van der Waals surface area contributed by atoms with Crippen molar-refractivity contribution in [2.45, 2.75) is 6.92 Å². The van der Waals surface area contributed by atoms with Crippen LogP contribution in [0.25, 0.3) is 0 Å². The molecular formula is C16H14N2O4. The minimum Gasteiger partial charge on any atom is -0.493 e. The fourth-order valence-corrected chi connectivity index (χ4v) is 1.74. The largest absolute Gasteiger partial charge is 0.493 e. The highest BCUT2D eigenvalue weighted by Gasteiger charge is 2.14. The number of nitriles is 1. The average molecular weight is 298 g/mol. The highest BCUT2D eigenvalue weighted by atomic mass is 16.6. The zero-order chi connectivity index (χ0) is 15.9. The smallest absolute Gasteiger partial charge is 0.343 e. The second-order valence-corrected chi connectivity index (χ2v) is 4.18. The van der Waals surface area contributed by atoms with E-state index in [2.05, 4.69) is 4.98 Å². The SMILES string of the molecule is CCOc1cc(C(=O)Oc2ccc(C#N)cc2OC)ccn1. The van der Waals surface area contributed by atoms with Crippen LogP contribution in [0.4, 0.5) is 0 Å². The predicted molar refractivity (Wildman–Crippen MR) is 78.1 cm³/mol. The maximum atomic E-state index is 12.2. The van der Waals surface area contributed by atoms with Gasteiger partial charge in [0.25, 0.3) is 0 Å². The summed E-state index contributed by atoms with van der Waals surface area (Å²) >= 11 is 0. The van der Waals surface area contributed by atoms with Gasteiger partial charge in [-0.2, -0.15) is 5.26 Å². The number of esters is 1. The first-order chi connectivity index (χ1) is 10.7. The van der Waals surface area contributed by atoms with Crippen molar-refractivity contribution in [3.63, 3.8) is 0 Å². The minimum absolute atomic E-state index is 0.237. The molecule has 0 bridgehead atoms. The van der Waals surface area contributed by atoms with Crippen LogP contribution >= 0.6 is 0 Å². The highest BCUT2D eigenvalue weighted by Crippen LogP contribution is 2.28. The third kappa shape index (κ3) is 3.52. The number of carbonyl (C=O) groups excluding carboxylic acids is 1. The molecule has 6 nitrogen and oxygen atoms in total. The third-order valence-electron chi connectivity index (χ3n) is 2.76. The second-order valence-electron chi connectivity index (χ2n) is 4.18. The summed E-state index contributed by atoms with van der Waals surface area (Å²) < 4.78 is 15.7. The van der Waals surface area contributed by atoms with Gasteiger partial charge in [-0.3, -0.25) is 0 Å². The number of ether oxygens (including phenoxy) is 3. The molecule has 0 aliphatic heterocycles. The standard InChI is InChI=1S/C16H14N2O4/c1-3-21-15-9-12(6-7-18-15)16(19)22-13-5-4-11(10-17)8-14(13)20-2/h4-9H,3H2,1-2H3. The van der Waals surface area contributed by atoms with Crippen LogP contribution in [0.1, 0.15) is 22.8 Å². The van der Waals surface area contributed by atoms with Crippen LogP contribution in [0.3, 0.4) is 0 Å². The van der Waals surface area contributed by atoms with Gasteiger partial charge >= 0.3 is 5.97 Å². The molecule has 0 unspecified atom stereocenters. The first-order valence-electron chi connectivity index (χ1n) is 6.57. The second kappa shape index (κ2) is 7.09. The van der Waals surface area contributed by atoms with Crippen LogP contribution in [0, 0.1) is 11.3 Å². The monoisotopic (exact) mass is 298 g/mol. The molecule has 0 spiro atoms. The molecule has 0 N–H and O–H groups in total. The number of hydrogen-bond acceptors (Lipinski definition) is 6.